The highest BCUT2D eigenvalue weighted by molar-refractivity contribution is 9.11. The maximum Gasteiger partial charge on any atom is 0.152 e. The van der Waals surface area contributed by atoms with E-state index in [1.54, 1.807) is 11.3 Å². The molecule has 0 N–H and O–H groups in total. The molecule has 1 unspecified atom stereocenters. The lowest BCUT2D eigenvalue weighted by atomic mass is 10.0. The third-order valence-electron chi connectivity index (χ3n) is 2.89. The van der Waals surface area contributed by atoms with Crippen LogP contribution in [0.5, 0.6) is 0 Å². The fourth-order valence-electron chi connectivity index (χ4n) is 1.98. The molecule has 0 spiro atoms. The quantitative estimate of drug-likeness (QED) is 0.836. The molecule has 0 aliphatic carbocycles. The van der Waals surface area contributed by atoms with Gasteiger partial charge in [0.05, 0.1) is 16.9 Å². The van der Waals surface area contributed by atoms with Gasteiger partial charge in [-0.2, -0.15) is 0 Å². The van der Waals surface area contributed by atoms with Crippen LogP contribution in [0.4, 0.5) is 0 Å². The zero-order chi connectivity index (χ0) is 12.3. The molecule has 0 amide bonds. The van der Waals surface area contributed by atoms with E-state index in [9.17, 15) is 4.79 Å². The van der Waals surface area contributed by atoms with E-state index in [0.717, 1.165) is 23.4 Å². The topological polar surface area (TPSA) is 29.5 Å². The fourth-order valence-corrected chi connectivity index (χ4v) is 3.18. The molecule has 1 aromatic heterocycles. The average Bonchev–Trinajstić information content (AvgIpc) is 2.89. The Labute approximate surface area is 114 Å². The van der Waals surface area contributed by atoms with E-state index < -0.39 is 0 Å². The number of ketones is 1. The summed E-state index contributed by atoms with van der Waals surface area (Å²) in [6, 6.07) is 2.10. The number of ether oxygens (including phenoxy) is 1. The van der Waals surface area contributed by atoms with Crippen molar-refractivity contribution in [2.75, 3.05) is 26.8 Å². The normalized spacial score (nSPS) is 20.1. The summed E-state index contributed by atoms with van der Waals surface area (Å²) in [7, 11) is 1.99. The summed E-state index contributed by atoms with van der Waals surface area (Å²) in [5.41, 5.74) is 1.25. The first-order valence-electron chi connectivity index (χ1n) is 5.67. The van der Waals surface area contributed by atoms with Gasteiger partial charge >= 0.3 is 0 Å². The number of hydrogen-bond donors (Lipinski definition) is 0. The average molecular weight is 318 g/mol. The molecule has 17 heavy (non-hydrogen) atoms. The van der Waals surface area contributed by atoms with Crippen LogP contribution in [0.1, 0.15) is 12.0 Å². The van der Waals surface area contributed by atoms with Crippen molar-refractivity contribution >= 4 is 33.0 Å². The Bertz CT molecular complexity index is 388. The predicted octanol–water partition coefficient (Wildman–Crippen LogP) is 2.55. The van der Waals surface area contributed by atoms with Crippen LogP contribution < -0.4 is 0 Å². The maximum absolute atomic E-state index is 11.9. The Hall–Kier alpha value is -0.230. The minimum atomic E-state index is 0.117. The molecule has 0 saturated carbocycles. The molecule has 3 nitrogen and oxygen atoms in total. The molecule has 5 heteroatoms. The molecule has 1 aliphatic heterocycles. The molecule has 1 atom stereocenters. The molecule has 0 bridgehead atoms. The van der Waals surface area contributed by atoms with Crippen LogP contribution in [-0.2, 0) is 16.1 Å². The van der Waals surface area contributed by atoms with Gasteiger partial charge in [0.2, 0.25) is 0 Å². The van der Waals surface area contributed by atoms with Crippen LogP contribution in [0.2, 0.25) is 0 Å². The smallest absolute Gasteiger partial charge is 0.152 e. The summed E-state index contributed by atoms with van der Waals surface area (Å²) in [5, 5.41) is 2.11. The summed E-state index contributed by atoms with van der Waals surface area (Å²) in [5.74, 6) is 0.422. The summed E-state index contributed by atoms with van der Waals surface area (Å²) < 4.78 is 6.37. The Kier molecular flexibility index (Phi) is 4.73. The zero-order valence-electron chi connectivity index (χ0n) is 9.82. The lowest BCUT2D eigenvalue weighted by Crippen LogP contribution is -2.30. The van der Waals surface area contributed by atoms with Crippen LogP contribution >= 0.6 is 27.3 Å². The van der Waals surface area contributed by atoms with Gasteiger partial charge in [0.1, 0.15) is 0 Å². The van der Waals surface area contributed by atoms with E-state index in [1.807, 2.05) is 7.05 Å². The highest BCUT2D eigenvalue weighted by Gasteiger charge is 2.24. The highest BCUT2D eigenvalue weighted by atomic mass is 79.9. The van der Waals surface area contributed by atoms with E-state index in [0.29, 0.717) is 18.9 Å². The number of rotatable bonds is 5. The Balaban J connectivity index is 1.80. The second-order valence-corrected chi connectivity index (χ2v) is 6.75. The van der Waals surface area contributed by atoms with Gasteiger partial charge in [0.15, 0.2) is 5.78 Å². The number of hydrogen-bond acceptors (Lipinski definition) is 4. The van der Waals surface area contributed by atoms with E-state index in [1.165, 1.54) is 5.56 Å². The number of nitrogens with zero attached hydrogens (tertiary/aromatic N) is 1. The van der Waals surface area contributed by atoms with Crippen molar-refractivity contribution in [1.82, 2.24) is 4.90 Å². The van der Waals surface area contributed by atoms with Gasteiger partial charge < -0.3 is 4.74 Å². The van der Waals surface area contributed by atoms with Crippen molar-refractivity contribution in [3.05, 3.63) is 20.8 Å². The first-order valence-corrected chi connectivity index (χ1v) is 7.34. The van der Waals surface area contributed by atoms with Crippen LogP contribution in [0.15, 0.2) is 15.2 Å². The predicted molar refractivity (Wildman–Crippen MR) is 72.3 cm³/mol. The van der Waals surface area contributed by atoms with Gasteiger partial charge in [-0.3, -0.25) is 9.69 Å². The zero-order valence-corrected chi connectivity index (χ0v) is 12.2. The second-order valence-electron chi connectivity index (χ2n) is 4.46. The number of halogens is 1. The molecular formula is C12H16BrNO2S. The van der Waals surface area contributed by atoms with Crippen LogP contribution in [0.25, 0.3) is 0 Å². The first-order chi connectivity index (χ1) is 8.15. The minimum Gasteiger partial charge on any atom is -0.381 e. The summed E-state index contributed by atoms with van der Waals surface area (Å²) in [6.07, 6.45) is 0.886. The summed E-state index contributed by atoms with van der Waals surface area (Å²) in [4.78, 5) is 14.0. The first kappa shape index (κ1) is 13.2. The molecule has 2 rings (SSSR count). The second kappa shape index (κ2) is 6.09. The molecule has 1 aliphatic rings. The number of likely N-dealkylation sites (N-methyl/N-ethyl adjacent to an activating group) is 1. The van der Waals surface area contributed by atoms with Crippen molar-refractivity contribution in [3.63, 3.8) is 0 Å². The van der Waals surface area contributed by atoms with E-state index in [2.05, 4.69) is 32.3 Å². The molecule has 0 radical (unpaired) electrons. The fraction of sp³-hybridized carbons (Fsp3) is 0.583. The van der Waals surface area contributed by atoms with Crippen molar-refractivity contribution < 1.29 is 9.53 Å². The van der Waals surface area contributed by atoms with E-state index >= 15 is 0 Å². The van der Waals surface area contributed by atoms with Crippen molar-refractivity contribution in [2.45, 2.75) is 13.0 Å². The van der Waals surface area contributed by atoms with Gasteiger partial charge in [-0.05, 0) is 46.4 Å². The van der Waals surface area contributed by atoms with Gasteiger partial charge in [0, 0.05) is 19.1 Å². The molecule has 94 valence electrons. The summed E-state index contributed by atoms with van der Waals surface area (Å²) >= 11 is 5.12. The largest absolute Gasteiger partial charge is 0.381 e. The Morgan fingerprint density at radius 3 is 3.12 bits per heavy atom. The van der Waals surface area contributed by atoms with Gasteiger partial charge in [0.25, 0.3) is 0 Å². The standard InChI is InChI=1S/C12H16BrNO2S/c1-14(5-9-4-12(13)17-8-9)6-11(15)10-2-3-16-7-10/h4,8,10H,2-3,5-7H2,1H3. The monoisotopic (exact) mass is 317 g/mol. The van der Waals surface area contributed by atoms with E-state index in [-0.39, 0.29) is 5.92 Å². The highest BCUT2D eigenvalue weighted by Crippen LogP contribution is 2.21. The Morgan fingerprint density at radius 2 is 2.53 bits per heavy atom. The SMILES string of the molecule is CN(CC(=O)C1CCOC1)Cc1csc(Br)c1. The number of Topliss-reactive ketones (excluding diaryl/α,β-unsaturated/α-hetero) is 1. The van der Waals surface area contributed by atoms with Crippen molar-refractivity contribution in [3.8, 4) is 0 Å². The third kappa shape index (κ3) is 3.88. The van der Waals surface area contributed by atoms with E-state index in [4.69, 9.17) is 4.74 Å². The van der Waals surface area contributed by atoms with Crippen LogP contribution in [0.3, 0.4) is 0 Å². The van der Waals surface area contributed by atoms with Gasteiger partial charge in [-0.25, -0.2) is 0 Å². The van der Waals surface area contributed by atoms with Crippen LogP contribution in [-0.4, -0.2) is 37.5 Å². The van der Waals surface area contributed by atoms with Crippen molar-refractivity contribution in [2.24, 2.45) is 5.92 Å². The number of thiophene rings is 1. The van der Waals surface area contributed by atoms with Gasteiger partial charge in [-0.15, -0.1) is 11.3 Å². The third-order valence-corrected chi connectivity index (χ3v) is 4.44. The summed E-state index contributed by atoms with van der Waals surface area (Å²) in [6.45, 7) is 2.68. The Morgan fingerprint density at radius 1 is 1.71 bits per heavy atom. The molecular weight excluding hydrogens is 302 g/mol. The molecule has 2 heterocycles. The van der Waals surface area contributed by atoms with Crippen molar-refractivity contribution in [1.29, 1.82) is 0 Å². The maximum atomic E-state index is 11.9. The molecule has 1 saturated heterocycles. The lowest BCUT2D eigenvalue weighted by Gasteiger charge is -2.16. The van der Waals surface area contributed by atoms with Crippen LogP contribution in [0, 0.1) is 5.92 Å². The lowest BCUT2D eigenvalue weighted by molar-refractivity contribution is -0.123. The number of carbonyl (C=O) groups excluding carboxylic acids is 1. The molecule has 1 aromatic rings. The number of carbonyl (C=O) groups is 1. The molecule has 0 aromatic carbocycles. The van der Waals surface area contributed by atoms with Gasteiger partial charge in [-0.1, -0.05) is 0 Å². The molecule has 1 fully saturated rings. The minimum absolute atomic E-state index is 0.117.